The largest absolute Gasteiger partial charge is 0.493 e. The molecule has 25 heavy (non-hydrogen) atoms. The maximum atomic E-state index is 9.71. The number of nitrogens with zero attached hydrogens (tertiary/aromatic N) is 2. The van der Waals surface area contributed by atoms with Crippen LogP contribution < -0.4 is 0 Å². The van der Waals surface area contributed by atoms with Crippen LogP contribution in [0, 0.1) is 28.7 Å². The minimum Gasteiger partial charge on any atom is -0.493 e. The first-order valence-corrected chi connectivity index (χ1v) is 8.95. The molecule has 1 atom stereocenters. The van der Waals surface area contributed by atoms with E-state index in [-0.39, 0.29) is 10.8 Å². The first kappa shape index (κ1) is 21.0. The highest BCUT2D eigenvalue weighted by atomic mass is 16.5. The molecule has 0 aromatic heterocycles. The first-order valence-electron chi connectivity index (χ1n) is 8.95. The number of hydrogen-bond acceptors (Lipinski definition) is 2. The minimum absolute atomic E-state index is 0.0151. The van der Waals surface area contributed by atoms with Gasteiger partial charge >= 0.3 is 0 Å². The highest BCUT2D eigenvalue weighted by Gasteiger charge is 2.41. The van der Waals surface area contributed by atoms with Crippen LogP contribution in [0.2, 0.25) is 0 Å². The maximum Gasteiger partial charge on any atom is 0.204 e. The number of hydrogen-bond donors (Lipinski definition) is 0. The van der Waals surface area contributed by atoms with E-state index in [9.17, 15) is 5.26 Å². The van der Waals surface area contributed by atoms with Gasteiger partial charge in [0.15, 0.2) is 0 Å². The first-order chi connectivity index (χ1) is 11.3. The molecule has 1 aliphatic rings. The lowest BCUT2D eigenvalue weighted by Gasteiger charge is -2.29. The van der Waals surface area contributed by atoms with Gasteiger partial charge in [-0.05, 0) is 43.9 Å². The third-order valence-corrected chi connectivity index (χ3v) is 4.33. The van der Waals surface area contributed by atoms with E-state index in [0.29, 0.717) is 17.0 Å². The molecule has 0 N–H and O–H groups in total. The lowest BCUT2D eigenvalue weighted by Crippen LogP contribution is -2.27. The van der Waals surface area contributed by atoms with Gasteiger partial charge in [0.1, 0.15) is 17.4 Å². The standard InChI is InChI=1S/C22H32N2O/c1-16(24-9)19-17(15-23)18(11-14-21(5,6)7)22(8,25-19)13-10-12-20(2,3)4/h11,14H,10,12-13H2,1-8H3/b14-11+,19-16-. The predicted molar refractivity (Wildman–Crippen MR) is 103 cm³/mol. The van der Waals surface area contributed by atoms with Crippen LogP contribution in [0.1, 0.15) is 74.7 Å². The Bertz CT molecular complexity index is 681. The molecule has 0 aromatic carbocycles. The summed E-state index contributed by atoms with van der Waals surface area (Å²) >= 11 is 0. The normalized spacial score (nSPS) is 23.4. The Balaban J connectivity index is 3.32. The molecule has 1 unspecified atom stereocenters. The van der Waals surface area contributed by atoms with Crippen LogP contribution in [0.4, 0.5) is 0 Å². The van der Waals surface area contributed by atoms with Crippen molar-refractivity contribution >= 4 is 0 Å². The van der Waals surface area contributed by atoms with Gasteiger partial charge < -0.3 is 4.74 Å². The smallest absolute Gasteiger partial charge is 0.204 e. The minimum atomic E-state index is -0.556. The Hall–Kier alpha value is -2.00. The van der Waals surface area contributed by atoms with Gasteiger partial charge in [-0.3, -0.25) is 0 Å². The van der Waals surface area contributed by atoms with Crippen molar-refractivity contribution in [1.82, 2.24) is 0 Å². The second-order valence-electron chi connectivity index (χ2n) is 9.37. The summed E-state index contributed by atoms with van der Waals surface area (Å²) in [6, 6.07) is 2.28. The Morgan fingerprint density at radius 3 is 2.32 bits per heavy atom. The average Bonchev–Trinajstić information content (AvgIpc) is 2.74. The van der Waals surface area contributed by atoms with Gasteiger partial charge in [0.05, 0.1) is 12.1 Å². The van der Waals surface area contributed by atoms with E-state index in [0.717, 1.165) is 24.8 Å². The summed E-state index contributed by atoms with van der Waals surface area (Å²) < 4.78 is 6.22. The molecular formula is C22H32N2O. The van der Waals surface area contributed by atoms with Gasteiger partial charge in [0.2, 0.25) is 5.70 Å². The fourth-order valence-electron chi connectivity index (χ4n) is 2.87. The van der Waals surface area contributed by atoms with Gasteiger partial charge in [0, 0.05) is 5.57 Å². The Labute approximate surface area is 153 Å². The van der Waals surface area contributed by atoms with Crippen molar-refractivity contribution in [2.24, 2.45) is 10.8 Å². The van der Waals surface area contributed by atoms with Crippen LogP contribution in [0.15, 0.2) is 34.8 Å². The zero-order chi connectivity index (χ0) is 19.5. The summed E-state index contributed by atoms with van der Waals surface area (Å²) in [6.07, 6.45) is 7.07. The summed E-state index contributed by atoms with van der Waals surface area (Å²) in [5, 5.41) is 9.71. The molecule has 1 rings (SSSR count). The third-order valence-electron chi connectivity index (χ3n) is 4.33. The lowest BCUT2D eigenvalue weighted by molar-refractivity contribution is 0.0633. The summed E-state index contributed by atoms with van der Waals surface area (Å²) in [5.41, 5.74) is 1.57. The molecule has 1 heterocycles. The number of rotatable bonds is 4. The van der Waals surface area contributed by atoms with Gasteiger partial charge in [-0.25, -0.2) is 4.85 Å². The molecule has 136 valence electrons. The quantitative estimate of drug-likeness (QED) is 0.543. The second-order valence-corrected chi connectivity index (χ2v) is 9.37. The summed E-state index contributed by atoms with van der Waals surface area (Å²) in [6.45, 7) is 24.1. The fourth-order valence-corrected chi connectivity index (χ4v) is 2.87. The molecule has 0 bridgehead atoms. The molecular weight excluding hydrogens is 308 g/mol. The van der Waals surface area contributed by atoms with Crippen LogP contribution in [0.3, 0.4) is 0 Å². The molecule has 1 aliphatic heterocycles. The number of allylic oxidation sites excluding steroid dienone is 3. The predicted octanol–water partition coefficient (Wildman–Crippen LogP) is 6.56. The molecule has 0 aliphatic carbocycles. The maximum absolute atomic E-state index is 9.71. The lowest BCUT2D eigenvalue weighted by atomic mass is 9.83. The molecule has 0 fully saturated rings. The highest BCUT2D eigenvalue weighted by Crippen LogP contribution is 2.44. The van der Waals surface area contributed by atoms with Crippen molar-refractivity contribution in [2.75, 3.05) is 0 Å². The average molecular weight is 341 g/mol. The van der Waals surface area contributed by atoms with Crippen LogP contribution in [0.5, 0.6) is 0 Å². The molecule has 0 saturated carbocycles. The van der Waals surface area contributed by atoms with E-state index < -0.39 is 5.60 Å². The van der Waals surface area contributed by atoms with Crippen molar-refractivity contribution in [1.29, 1.82) is 5.26 Å². The monoisotopic (exact) mass is 340 g/mol. The van der Waals surface area contributed by atoms with E-state index in [1.807, 2.05) is 13.0 Å². The van der Waals surface area contributed by atoms with Crippen LogP contribution >= 0.6 is 0 Å². The van der Waals surface area contributed by atoms with Crippen LogP contribution in [0.25, 0.3) is 4.85 Å². The molecule has 0 radical (unpaired) electrons. The fraction of sp³-hybridized carbons (Fsp3) is 0.636. The Morgan fingerprint density at radius 1 is 1.28 bits per heavy atom. The van der Waals surface area contributed by atoms with Crippen molar-refractivity contribution in [3.63, 3.8) is 0 Å². The molecule has 0 spiro atoms. The van der Waals surface area contributed by atoms with Crippen molar-refractivity contribution in [3.05, 3.63) is 46.2 Å². The molecule has 3 nitrogen and oxygen atoms in total. The van der Waals surface area contributed by atoms with Crippen LogP contribution in [-0.2, 0) is 4.74 Å². The van der Waals surface area contributed by atoms with E-state index >= 15 is 0 Å². The van der Waals surface area contributed by atoms with E-state index in [1.54, 1.807) is 6.92 Å². The molecule has 0 amide bonds. The third kappa shape index (κ3) is 5.79. The summed E-state index contributed by atoms with van der Waals surface area (Å²) in [7, 11) is 0. The SMILES string of the molecule is [C-]#[N+]/C(C)=C1\OC(C)(CCCC(C)(C)C)C(/C=C/C(C)(C)C)=C1C#N. The zero-order valence-electron chi connectivity index (χ0n) is 17.1. The number of ether oxygens (including phenoxy) is 1. The van der Waals surface area contributed by atoms with E-state index in [1.165, 1.54) is 0 Å². The molecule has 3 heteroatoms. The van der Waals surface area contributed by atoms with Gasteiger partial charge in [-0.1, -0.05) is 53.7 Å². The topological polar surface area (TPSA) is 37.4 Å². The number of nitriles is 1. The Morgan fingerprint density at radius 2 is 1.88 bits per heavy atom. The van der Waals surface area contributed by atoms with E-state index in [2.05, 4.69) is 58.5 Å². The van der Waals surface area contributed by atoms with Gasteiger partial charge in [-0.15, -0.1) is 0 Å². The van der Waals surface area contributed by atoms with Gasteiger partial charge in [0.25, 0.3) is 0 Å². The molecule has 0 aromatic rings. The van der Waals surface area contributed by atoms with Crippen molar-refractivity contribution < 1.29 is 4.74 Å². The zero-order valence-corrected chi connectivity index (χ0v) is 17.1. The van der Waals surface area contributed by atoms with Gasteiger partial charge in [-0.2, -0.15) is 5.26 Å². The summed E-state index contributed by atoms with van der Waals surface area (Å²) in [4.78, 5) is 3.49. The van der Waals surface area contributed by atoms with Crippen molar-refractivity contribution in [3.8, 4) is 6.07 Å². The summed E-state index contributed by atoms with van der Waals surface area (Å²) in [5.74, 6) is 0.448. The van der Waals surface area contributed by atoms with E-state index in [4.69, 9.17) is 11.3 Å². The highest BCUT2D eigenvalue weighted by molar-refractivity contribution is 5.56. The van der Waals surface area contributed by atoms with Crippen LogP contribution in [-0.4, -0.2) is 5.60 Å². The van der Waals surface area contributed by atoms with Crippen molar-refractivity contribution in [2.45, 2.75) is 80.3 Å². The molecule has 0 saturated heterocycles. The second kappa shape index (κ2) is 7.49. The Kier molecular flexibility index (Phi) is 6.30.